The molecule has 174 valence electrons. The van der Waals surface area contributed by atoms with Gasteiger partial charge >= 0.3 is 11.9 Å². The molecule has 2 heterocycles. The van der Waals surface area contributed by atoms with Gasteiger partial charge in [0.15, 0.2) is 11.2 Å². The van der Waals surface area contributed by atoms with Crippen LogP contribution in [-0.4, -0.2) is 31.9 Å². The molecule has 2 aromatic heterocycles. The number of esters is 2. The van der Waals surface area contributed by atoms with Gasteiger partial charge in [0.1, 0.15) is 11.4 Å². The topological polar surface area (TPSA) is 104 Å². The van der Waals surface area contributed by atoms with Crippen molar-refractivity contribution in [2.75, 3.05) is 0 Å². The summed E-state index contributed by atoms with van der Waals surface area (Å²) in [6, 6.07) is 0. The molecular formula is C24H34N4O4. The molecule has 0 fully saturated rings. The minimum absolute atomic E-state index is 0.171. The van der Waals surface area contributed by atoms with Crippen LogP contribution in [0, 0.1) is 39.5 Å². The number of carbonyl (C=O) groups excluding carboxylic acids is 2. The maximum Gasteiger partial charge on any atom is 0.418 e. The van der Waals surface area contributed by atoms with Gasteiger partial charge in [-0.25, -0.2) is 9.59 Å². The van der Waals surface area contributed by atoms with E-state index in [-0.39, 0.29) is 11.8 Å². The Morgan fingerprint density at radius 1 is 0.719 bits per heavy atom. The summed E-state index contributed by atoms with van der Waals surface area (Å²) in [4.78, 5) is 43.6. The van der Waals surface area contributed by atoms with Crippen LogP contribution < -0.4 is 0 Å². The van der Waals surface area contributed by atoms with Crippen LogP contribution in [0.1, 0.15) is 75.7 Å². The maximum atomic E-state index is 12.9. The van der Waals surface area contributed by atoms with Crippen molar-refractivity contribution >= 4 is 11.9 Å². The Bertz CT molecular complexity index is 940. The van der Waals surface area contributed by atoms with E-state index in [4.69, 9.17) is 9.47 Å². The number of ether oxygens (including phenoxy) is 2. The van der Waals surface area contributed by atoms with Gasteiger partial charge in [-0.05, 0) is 53.4 Å². The third kappa shape index (κ3) is 4.95. The normalized spacial score (nSPS) is 15.2. The van der Waals surface area contributed by atoms with Gasteiger partial charge < -0.3 is 9.47 Å². The molecule has 2 unspecified atom stereocenters. The van der Waals surface area contributed by atoms with Crippen molar-refractivity contribution in [3.8, 4) is 0 Å². The molecule has 0 aromatic carbocycles. The first-order valence-electron chi connectivity index (χ1n) is 10.8. The van der Waals surface area contributed by atoms with Crippen molar-refractivity contribution in [3.05, 3.63) is 46.6 Å². The van der Waals surface area contributed by atoms with Gasteiger partial charge in [0.2, 0.25) is 0 Å². The SMILES string of the molecule is Cc1cnc(C)c(C(C)(OC(=O)C(=O)OC(C)(c2nc(C)cnc2C)C(C)C)C(C)C)n1. The lowest BCUT2D eigenvalue weighted by Gasteiger charge is -2.35. The molecule has 0 saturated heterocycles. The van der Waals surface area contributed by atoms with Gasteiger partial charge in [0.25, 0.3) is 0 Å². The fourth-order valence-corrected chi connectivity index (χ4v) is 3.36. The van der Waals surface area contributed by atoms with E-state index in [1.165, 1.54) is 0 Å². The van der Waals surface area contributed by atoms with E-state index >= 15 is 0 Å². The molecule has 0 aliphatic heterocycles. The van der Waals surface area contributed by atoms with Crippen molar-refractivity contribution < 1.29 is 19.1 Å². The number of hydrogen-bond donors (Lipinski definition) is 0. The molecule has 0 spiro atoms. The summed E-state index contributed by atoms with van der Waals surface area (Å²) in [5.74, 6) is -2.52. The number of aromatic nitrogens is 4. The van der Waals surface area contributed by atoms with Gasteiger partial charge in [-0.15, -0.1) is 0 Å². The van der Waals surface area contributed by atoms with E-state index in [1.807, 2.05) is 41.5 Å². The molecule has 0 radical (unpaired) electrons. The van der Waals surface area contributed by atoms with Gasteiger partial charge in [0, 0.05) is 12.4 Å². The summed E-state index contributed by atoms with van der Waals surface area (Å²) in [5, 5.41) is 0. The Labute approximate surface area is 190 Å². The molecule has 8 nitrogen and oxygen atoms in total. The predicted molar refractivity (Wildman–Crippen MR) is 120 cm³/mol. The summed E-state index contributed by atoms with van der Waals surface area (Å²) in [5.41, 5.74) is 1.35. The molecule has 2 aromatic rings. The van der Waals surface area contributed by atoms with Crippen molar-refractivity contribution in [1.82, 2.24) is 19.9 Å². The largest absolute Gasteiger partial charge is 0.444 e. The molecule has 0 bridgehead atoms. The minimum Gasteiger partial charge on any atom is -0.444 e. The average molecular weight is 443 g/mol. The molecule has 0 amide bonds. The molecule has 8 heteroatoms. The number of hydrogen-bond acceptors (Lipinski definition) is 8. The Morgan fingerprint density at radius 3 is 1.31 bits per heavy atom. The monoisotopic (exact) mass is 442 g/mol. The smallest absolute Gasteiger partial charge is 0.418 e. The molecule has 0 saturated carbocycles. The fraction of sp³-hybridized carbons (Fsp3) is 0.583. The van der Waals surface area contributed by atoms with Crippen molar-refractivity contribution in [3.63, 3.8) is 0 Å². The number of carbonyl (C=O) groups is 2. The quantitative estimate of drug-likeness (QED) is 0.488. The first kappa shape index (κ1) is 25.4. The number of aryl methyl sites for hydroxylation is 4. The highest BCUT2D eigenvalue weighted by Gasteiger charge is 2.44. The number of rotatable bonds is 6. The highest BCUT2D eigenvalue weighted by Crippen LogP contribution is 2.36. The van der Waals surface area contributed by atoms with Gasteiger partial charge in [0.05, 0.1) is 22.8 Å². The Kier molecular flexibility index (Phi) is 7.37. The molecule has 32 heavy (non-hydrogen) atoms. The molecule has 2 rings (SSSR count). The molecule has 0 aliphatic carbocycles. The van der Waals surface area contributed by atoms with Crippen LogP contribution in [0.15, 0.2) is 12.4 Å². The maximum absolute atomic E-state index is 12.9. The van der Waals surface area contributed by atoms with E-state index in [1.54, 1.807) is 40.1 Å². The zero-order valence-electron chi connectivity index (χ0n) is 20.7. The van der Waals surface area contributed by atoms with E-state index in [9.17, 15) is 9.59 Å². The average Bonchev–Trinajstić information content (AvgIpc) is 2.70. The van der Waals surface area contributed by atoms with Crippen LogP contribution in [0.5, 0.6) is 0 Å². The third-order valence-electron chi connectivity index (χ3n) is 6.07. The van der Waals surface area contributed by atoms with Crippen molar-refractivity contribution in [2.45, 2.75) is 80.4 Å². The standard InChI is InChI=1S/C24H34N4O4/c1-13(2)23(9,19-17(7)25-11-15(5)27-19)31-21(29)22(30)32-24(10,14(3)4)20-18(8)26-12-16(6)28-20/h11-14H,1-10H3. The first-order valence-corrected chi connectivity index (χ1v) is 10.8. The Morgan fingerprint density at radius 2 is 1.03 bits per heavy atom. The summed E-state index contributed by atoms with van der Waals surface area (Å²) < 4.78 is 11.5. The van der Waals surface area contributed by atoms with Crippen molar-refractivity contribution in [2.24, 2.45) is 11.8 Å². The molecule has 0 N–H and O–H groups in total. The summed E-state index contributed by atoms with van der Waals surface area (Å²) in [7, 11) is 0. The van der Waals surface area contributed by atoms with Gasteiger partial charge in [-0.2, -0.15) is 0 Å². The first-order chi connectivity index (χ1) is 14.7. The second-order valence-electron chi connectivity index (χ2n) is 9.19. The summed E-state index contributed by atoms with van der Waals surface area (Å²) in [6.07, 6.45) is 3.30. The molecule has 0 aliphatic rings. The highest BCUT2D eigenvalue weighted by molar-refractivity contribution is 6.29. The van der Waals surface area contributed by atoms with Gasteiger partial charge in [-0.3, -0.25) is 19.9 Å². The van der Waals surface area contributed by atoms with Crippen LogP contribution in [0.3, 0.4) is 0 Å². The summed E-state index contributed by atoms with van der Waals surface area (Å²) >= 11 is 0. The van der Waals surface area contributed by atoms with Gasteiger partial charge in [-0.1, -0.05) is 27.7 Å². The lowest BCUT2D eigenvalue weighted by molar-refractivity contribution is -0.191. The summed E-state index contributed by atoms with van der Waals surface area (Å²) in [6.45, 7) is 18.3. The van der Waals surface area contributed by atoms with Crippen LogP contribution in [-0.2, 0) is 30.3 Å². The fourth-order valence-electron chi connectivity index (χ4n) is 3.36. The van der Waals surface area contributed by atoms with E-state index in [0.717, 1.165) is 0 Å². The lowest BCUT2D eigenvalue weighted by atomic mass is 9.87. The van der Waals surface area contributed by atoms with Crippen LogP contribution >= 0.6 is 0 Å². The molecule has 2 atom stereocenters. The van der Waals surface area contributed by atoms with E-state index in [0.29, 0.717) is 34.2 Å². The van der Waals surface area contributed by atoms with Crippen LogP contribution in [0.25, 0.3) is 0 Å². The Balaban J connectivity index is 2.38. The minimum atomic E-state index is -1.16. The van der Waals surface area contributed by atoms with Crippen molar-refractivity contribution in [1.29, 1.82) is 0 Å². The van der Waals surface area contributed by atoms with E-state index < -0.39 is 23.1 Å². The molecular weight excluding hydrogens is 408 g/mol. The lowest BCUT2D eigenvalue weighted by Crippen LogP contribution is -2.43. The second-order valence-corrected chi connectivity index (χ2v) is 9.19. The van der Waals surface area contributed by atoms with E-state index in [2.05, 4.69) is 19.9 Å². The highest BCUT2D eigenvalue weighted by atomic mass is 16.6. The second kappa shape index (κ2) is 9.30. The van der Waals surface area contributed by atoms with Crippen LogP contribution in [0.2, 0.25) is 0 Å². The zero-order chi connectivity index (χ0) is 24.4. The third-order valence-corrected chi connectivity index (χ3v) is 6.07. The van der Waals surface area contributed by atoms with Crippen LogP contribution in [0.4, 0.5) is 0 Å². The number of nitrogens with zero attached hydrogens (tertiary/aromatic N) is 4. The Hall–Kier alpha value is -2.90. The zero-order valence-corrected chi connectivity index (χ0v) is 20.7. The predicted octanol–water partition coefficient (Wildman–Crippen LogP) is 4.03.